The summed E-state index contributed by atoms with van der Waals surface area (Å²) in [7, 11) is 0. The zero-order valence-electron chi connectivity index (χ0n) is 20.1. The zero-order chi connectivity index (χ0) is 26.4. The Bertz CT molecular complexity index is 1190. The molecule has 0 unspecified atom stereocenters. The van der Waals surface area contributed by atoms with Gasteiger partial charge in [-0.15, -0.1) is 0 Å². The van der Waals surface area contributed by atoms with Crippen LogP contribution in [0.5, 0.6) is 0 Å². The van der Waals surface area contributed by atoms with Crippen LogP contribution in [0.25, 0.3) is 16.5 Å². The molecule has 3 amide bonds. The Balaban J connectivity index is 1.78. The molecule has 1 saturated heterocycles. The fourth-order valence-electron chi connectivity index (χ4n) is 4.16. The standard InChI is InChI=1S/C25H29N5O6/c1-15(23-20-7-5-4-6-18(20)8-9-26-23)27-16(2)25(36)30-11-10-29(17(3)32)13-21(30)24(35)28-19(14-31)12-22(33)34/h4-9,14,16,19,21,27H,1,10-13H2,2-3H3,(H,28,35)(H,33,34)/t16-,19-,21-/m0/s1. The van der Waals surface area contributed by atoms with Crippen LogP contribution in [0.2, 0.25) is 0 Å². The number of fused-ring (bicyclic) bond motifs is 1. The maximum atomic E-state index is 13.4. The molecule has 3 N–H and O–H groups in total. The first-order valence-corrected chi connectivity index (χ1v) is 11.5. The molecule has 2 aromatic rings. The zero-order valence-corrected chi connectivity index (χ0v) is 20.1. The normalized spacial score (nSPS) is 17.1. The maximum Gasteiger partial charge on any atom is 0.305 e. The van der Waals surface area contributed by atoms with Gasteiger partial charge in [0.2, 0.25) is 17.7 Å². The number of aliphatic carboxylic acids is 1. The van der Waals surface area contributed by atoms with Crippen LogP contribution in [0.3, 0.4) is 0 Å². The first kappa shape index (κ1) is 26.3. The van der Waals surface area contributed by atoms with Crippen molar-refractivity contribution in [3.8, 4) is 0 Å². The van der Waals surface area contributed by atoms with Gasteiger partial charge in [0.25, 0.3) is 0 Å². The molecule has 3 rings (SSSR count). The molecule has 0 spiro atoms. The van der Waals surface area contributed by atoms with Gasteiger partial charge in [-0.1, -0.05) is 30.8 Å². The second-order valence-electron chi connectivity index (χ2n) is 8.59. The minimum Gasteiger partial charge on any atom is -0.481 e. The highest BCUT2D eigenvalue weighted by atomic mass is 16.4. The van der Waals surface area contributed by atoms with Gasteiger partial charge in [0, 0.05) is 31.6 Å². The molecule has 0 aliphatic carbocycles. The van der Waals surface area contributed by atoms with Crippen molar-refractivity contribution >= 4 is 46.4 Å². The van der Waals surface area contributed by atoms with E-state index in [4.69, 9.17) is 5.11 Å². The highest BCUT2D eigenvalue weighted by Gasteiger charge is 2.38. The fraction of sp³-hybridized carbons (Fsp3) is 0.360. The van der Waals surface area contributed by atoms with Crippen LogP contribution in [-0.2, 0) is 24.0 Å². The molecule has 1 aliphatic rings. The van der Waals surface area contributed by atoms with Gasteiger partial charge in [0.05, 0.1) is 30.4 Å². The van der Waals surface area contributed by atoms with E-state index < -0.39 is 42.3 Å². The van der Waals surface area contributed by atoms with E-state index in [-0.39, 0.29) is 25.5 Å². The van der Waals surface area contributed by atoms with Crippen molar-refractivity contribution in [1.82, 2.24) is 25.4 Å². The molecular formula is C25H29N5O6. The number of pyridine rings is 1. The summed E-state index contributed by atoms with van der Waals surface area (Å²) in [6.07, 6.45) is 1.39. The Labute approximate surface area is 208 Å². The number of carbonyl (C=O) groups excluding carboxylic acids is 4. The molecule has 11 nitrogen and oxygen atoms in total. The molecule has 0 radical (unpaired) electrons. The second-order valence-corrected chi connectivity index (χ2v) is 8.59. The van der Waals surface area contributed by atoms with Crippen LogP contribution in [0.1, 0.15) is 26.0 Å². The van der Waals surface area contributed by atoms with Crippen LogP contribution in [0, 0.1) is 0 Å². The number of piperazine rings is 1. The average molecular weight is 496 g/mol. The fourth-order valence-corrected chi connectivity index (χ4v) is 4.16. The van der Waals surface area contributed by atoms with Crippen LogP contribution in [0.15, 0.2) is 43.1 Å². The van der Waals surface area contributed by atoms with Crippen LogP contribution < -0.4 is 10.6 Å². The monoisotopic (exact) mass is 495 g/mol. The molecule has 2 heterocycles. The van der Waals surface area contributed by atoms with E-state index in [0.717, 1.165) is 10.8 Å². The van der Waals surface area contributed by atoms with Crippen molar-refractivity contribution in [2.24, 2.45) is 0 Å². The van der Waals surface area contributed by atoms with Gasteiger partial charge < -0.3 is 30.3 Å². The summed E-state index contributed by atoms with van der Waals surface area (Å²) in [4.78, 5) is 67.7. The van der Waals surface area contributed by atoms with Crippen molar-refractivity contribution in [3.63, 3.8) is 0 Å². The first-order valence-electron chi connectivity index (χ1n) is 11.5. The average Bonchev–Trinajstić information content (AvgIpc) is 2.86. The van der Waals surface area contributed by atoms with E-state index in [1.54, 1.807) is 13.1 Å². The Morgan fingerprint density at radius 1 is 1.19 bits per heavy atom. The summed E-state index contributed by atoms with van der Waals surface area (Å²) < 4.78 is 0. The van der Waals surface area contributed by atoms with Crippen molar-refractivity contribution in [3.05, 3.63) is 48.8 Å². The lowest BCUT2D eigenvalue weighted by molar-refractivity contribution is -0.149. The SMILES string of the molecule is C=C(N[C@@H](C)C(=O)N1CCN(C(C)=O)C[C@H]1C(=O)N[C@H](C=O)CC(=O)O)c1nccc2ccccc12. The van der Waals surface area contributed by atoms with Gasteiger partial charge in [-0.25, -0.2) is 0 Å². The van der Waals surface area contributed by atoms with E-state index in [1.165, 1.54) is 16.7 Å². The third-order valence-electron chi connectivity index (χ3n) is 6.02. The predicted molar refractivity (Wildman–Crippen MR) is 131 cm³/mol. The molecule has 36 heavy (non-hydrogen) atoms. The minimum atomic E-state index is -1.26. The van der Waals surface area contributed by atoms with Crippen LogP contribution in [-0.4, -0.2) is 87.6 Å². The number of aromatic nitrogens is 1. The van der Waals surface area contributed by atoms with Gasteiger partial charge in [-0.05, 0) is 18.4 Å². The van der Waals surface area contributed by atoms with Gasteiger partial charge in [0.1, 0.15) is 18.4 Å². The largest absolute Gasteiger partial charge is 0.481 e. The van der Waals surface area contributed by atoms with E-state index >= 15 is 0 Å². The minimum absolute atomic E-state index is 0.0793. The summed E-state index contributed by atoms with van der Waals surface area (Å²) in [6, 6.07) is 6.35. The smallest absolute Gasteiger partial charge is 0.305 e. The molecule has 1 fully saturated rings. The van der Waals surface area contributed by atoms with Crippen LogP contribution in [0.4, 0.5) is 0 Å². The molecule has 3 atom stereocenters. The summed E-state index contributed by atoms with van der Waals surface area (Å²) in [5, 5.41) is 16.2. The van der Waals surface area contributed by atoms with Crippen molar-refractivity contribution in [2.45, 2.75) is 38.4 Å². The number of hydrogen-bond acceptors (Lipinski definition) is 7. The van der Waals surface area contributed by atoms with Crippen molar-refractivity contribution in [1.29, 1.82) is 0 Å². The Morgan fingerprint density at radius 2 is 1.92 bits per heavy atom. The van der Waals surface area contributed by atoms with E-state index in [9.17, 15) is 24.0 Å². The molecule has 1 aliphatic heterocycles. The Hall–Kier alpha value is -4.28. The van der Waals surface area contributed by atoms with Gasteiger partial charge in [-0.3, -0.25) is 24.2 Å². The number of nitrogens with one attached hydrogen (secondary N) is 2. The summed E-state index contributed by atoms with van der Waals surface area (Å²) in [5.74, 6) is -2.65. The highest BCUT2D eigenvalue weighted by Crippen LogP contribution is 2.21. The van der Waals surface area contributed by atoms with Gasteiger partial charge in [0.15, 0.2) is 0 Å². The molecule has 190 valence electrons. The summed E-state index contributed by atoms with van der Waals surface area (Å²) in [5.41, 5.74) is 1.02. The summed E-state index contributed by atoms with van der Waals surface area (Å²) >= 11 is 0. The Kier molecular flexibility index (Phi) is 8.36. The predicted octanol–water partition coefficient (Wildman–Crippen LogP) is 0.401. The van der Waals surface area contributed by atoms with Gasteiger partial charge in [-0.2, -0.15) is 0 Å². The van der Waals surface area contributed by atoms with Gasteiger partial charge >= 0.3 is 5.97 Å². The first-order chi connectivity index (χ1) is 17.1. The molecule has 0 bridgehead atoms. The number of aldehydes is 1. The maximum absolute atomic E-state index is 13.4. The second kappa shape index (κ2) is 11.4. The molecule has 1 aromatic heterocycles. The lowest BCUT2D eigenvalue weighted by Crippen LogP contribution is -2.64. The lowest BCUT2D eigenvalue weighted by atomic mass is 10.1. The Morgan fingerprint density at radius 3 is 2.58 bits per heavy atom. The number of carbonyl (C=O) groups is 5. The topological polar surface area (TPSA) is 149 Å². The van der Waals surface area contributed by atoms with E-state index in [0.29, 0.717) is 17.7 Å². The number of rotatable bonds is 9. The summed E-state index contributed by atoms with van der Waals surface area (Å²) in [6.45, 7) is 7.27. The van der Waals surface area contributed by atoms with Crippen LogP contribution >= 0.6 is 0 Å². The molecule has 11 heteroatoms. The number of carboxylic acids is 1. The number of benzene rings is 1. The highest BCUT2D eigenvalue weighted by molar-refractivity contribution is 5.94. The quantitative estimate of drug-likeness (QED) is 0.423. The number of amides is 3. The van der Waals surface area contributed by atoms with E-state index in [1.807, 2.05) is 30.3 Å². The number of nitrogens with zero attached hydrogens (tertiary/aromatic N) is 3. The van der Waals surface area contributed by atoms with E-state index in [2.05, 4.69) is 22.2 Å². The molecular weight excluding hydrogens is 466 g/mol. The van der Waals surface area contributed by atoms with Crippen molar-refractivity contribution in [2.75, 3.05) is 19.6 Å². The third kappa shape index (κ3) is 6.04. The third-order valence-corrected chi connectivity index (χ3v) is 6.02. The van der Waals surface area contributed by atoms with Crippen molar-refractivity contribution < 1.29 is 29.1 Å². The number of carboxylic acid groups (broad SMARTS) is 1. The number of hydrogen-bond donors (Lipinski definition) is 3. The lowest BCUT2D eigenvalue weighted by Gasteiger charge is -2.41. The molecule has 0 saturated carbocycles. The molecule has 1 aromatic carbocycles.